The zero-order chi connectivity index (χ0) is 20.9. The fraction of sp³-hybridized carbons (Fsp3) is 0.808. The Labute approximate surface area is 177 Å². The van der Waals surface area contributed by atoms with Gasteiger partial charge in [-0.3, -0.25) is 4.79 Å². The smallest absolute Gasteiger partial charge is 0.188 e. The van der Waals surface area contributed by atoms with Gasteiger partial charge in [-0.2, -0.15) is 4.73 Å². The van der Waals surface area contributed by atoms with E-state index in [1.807, 2.05) is 13.8 Å². The lowest BCUT2D eigenvalue weighted by atomic mass is 9.59. The molecule has 1 aromatic rings. The number of pyridine rings is 1. The average Bonchev–Trinajstić information content (AvgIpc) is 2.75. The number of hydrogen-bond acceptors (Lipinski definition) is 2. The Bertz CT molecular complexity index is 711. The molecule has 4 rings (SSSR count). The van der Waals surface area contributed by atoms with Gasteiger partial charge in [-0.05, 0) is 89.9 Å². The molecule has 3 saturated carbocycles. The molecule has 3 heteroatoms. The van der Waals surface area contributed by atoms with Crippen molar-refractivity contribution in [2.24, 2.45) is 11.3 Å². The Morgan fingerprint density at radius 2 is 1.34 bits per heavy atom. The molecule has 1 N–H and O–H groups in total. The normalized spacial score (nSPS) is 23.6. The summed E-state index contributed by atoms with van der Waals surface area (Å²) >= 11 is 0. The minimum absolute atomic E-state index is 0.121. The van der Waals surface area contributed by atoms with Crippen LogP contribution in [0, 0.1) is 32.1 Å². The Hall–Kier alpha value is -1.25. The van der Waals surface area contributed by atoms with E-state index in [2.05, 4.69) is 0 Å². The van der Waals surface area contributed by atoms with E-state index in [1.54, 1.807) is 6.92 Å². The number of fused-ring (bicyclic) bond motifs is 3. The summed E-state index contributed by atoms with van der Waals surface area (Å²) in [6.45, 7) is 5.46. The summed E-state index contributed by atoms with van der Waals surface area (Å²) in [5.41, 5.74) is 3.72. The predicted octanol–water partition coefficient (Wildman–Crippen LogP) is 7.03. The lowest BCUT2D eigenvalue weighted by Crippen LogP contribution is -2.33. The van der Waals surface area contributed by atoms with E-state index in [0.717, 1.165) is 29.7 Å². The lowest BCUT2D eigenvalue weighted by Gasteiger charge is -2.47. The molecule has 1 heterocycles. The van der Waals surface area contributed by atoms with Crippen LogP contribution in [-0.2, 0) is 6.42 Å². The molecule has 0 atom stereocenters. The molecule has 29 heavy (non-hydrogen) atoms. The van der Waals surface area contributed by atoms with Gasteiger partial charge in [-0.1, -0.05) is 44.9 Å². The molecule has 0 spiro atoms. The van der Waals surface area contributed by atoms with Crippen molar-refractivity contribution in [2.45, 2.75) is 124 Å². The first-order chi connectivity index (χ1) is 13.9. The molecule has 0 saturated heterocycles. The maximum Gasteiger partial charge on any atom is 0.188 e. The number of hydrogen-bond donors (Lipinski definition) is 1. The summed E-state index contributed by atoms with van der Waals surface area (Å²) in [6, 6.07) is 0. The largest absolute Gasteiger partial charge is 0.428 e. The molecule has 2 bridgehead atoms. The minimum atomic E-state index is 0.121. The Morgan fingerprint density at radius 3 is 1.93 bits per heavy atom. The highest BCUT2D eigenvalue weighted by Gasteiger charge is 2.39. The molecule has 0 unspecified atom stereocenters. The van der Waals surface area contributed by atoms with Crippen LogP contribution in [0.5, 0.6) is 0 Å². The van der Waals surface area contributed by atoms with Gasteiger partial charge in [-0.15, -0.1) is 0 Å². The second kappa shape index (κ2) is 10.2. The highest BCUT2D eigenvalue weighted by molar-refractivity contribution is 5.29. The van der Waals surface area contributed by atoms with E-state index in [4.69, 9.17) is 0 Å². The van der Waals surface area contributed by atoms with Crippen LogP contribution in [0.25, 0.3) is 0 Å². The fourth-order valence-electron chi connectivity index (χ4n) is 5.96. The van der Waals surface area contributed by atoms with Gasteiger partial charge in [0.2, 0.25) is 0 Å². The highest BCUT2D eigenvalue weighted by Crippen LogP contribution is 2.52. The zero-order valence-corrected chi connectivity index (χ0v) is 19.2. The van der Waals surface area contributed by atoms with Gasteiger partial charge in [0.05, 0.1) is 11.4 Å². The first-order valence-corrected chi connectivity index (χ1v) is 12.3. The number of nitrogens with zero attached hydrogens (tertiary/aromatic N) is 1. The Kier molecular flexibility index (Phi) is 7.87. The standard InChI is InChI=1S/C26H43NO2/c1-20-21(2)27(29)22(3)24(25(20)28)12-10-8-6-4-5-7-9-11-16-26-17-13-23(14-18-26)15-19-26/h23,29H,4-19H2,1-3H3. The zero-order valence-electron chi connectivity index (χ0n) is 19.2. The molecule has 0 radical (unpaired) electrons. The number of rotatable bonds is 11. The van der Waals surface area contributed by atoms with Crippen molar-refractivity contribution in [3.05, 3.63) is 32.7 Å². The quantitative estimate of drug-likeness (QED) is 0.319. The minimum Gasteiger partial charge on any atom is -0.428 e. The van der Waals surface area contributed by atoms with Gasteiger partial charge >= 0.3 is 0 Å². The summed E-state index contributed by atoms with van der Waals surface area (Å²) in [4.78, 5) is 12.5. The van der Waals surface area contributed by atoms with Gasteiger partial charge < -0.3 is 5.21 Å². The summed E-state index contributed by atoms with van der Waals surface area (Å²) in [6.07, 6.45) is 21.9. The number of aromatic nitrogens is 1. The SMILES string of the molecule is Cc1c(C)n(O)c(C)c(CCCCCCCCCCC23CCC(CC2)CC3)c1=O. The highest BCUT2D eigenvalue weighted by atomic mass is 16.5. The van der Waals surface area contributed by atoms with Crippen molar-refractivity contribution in [1.29, 1.82) is 0 Å². The van der Waals surface area contributed by atoms with Crippen LogP contribution in [0.2, 0.25) is 0 Å². The van der Waals surface area contributed by atoms with Crippen LogP contribution < -0.4 is 5.43 Å². The van der Waals surface area contributed by atoms with E-state index in [0.29, 0.717) is 17.0 Å². The Balaban J connectivity index is 1.24. The lowest BCUT2D eigenvalue weighted by molar-refractivity contribution is 0.0540. The molecule has 3 aliphatic rings. The molecular formula is C26H43NO2. The van der Waals surface area contributed by atoms with Crippen LogP contribution in [0.3, 0.4) is 0 Å². The van der Waals surface area contributed by atoms with Crippen molar-refractivity contribution in [3.8, 4) is 0 Å². The van der Waals surface area contributed by atoms with E-state index in [1.165, 1.54) is 94.6 Å². The van der Waals surface area contributed by atoms with Crippen molar-refractivity contribution in [1.82, 2.24) is 4.73 Å². The first-order valence-electron chi connectivity index (χ1n) is 12.3. The maximum atomic E-state index is 12.5. The van der Waals surface area contributed by atoms with Crippen LogP contribution >= 0.6 is 0 Å². The van der Waals surface area contributed by atoms with Crippen molar-refractivity contribution in [3.63, 3.8) is 0 Å². The summed E-state index contributed by atoms with van der Waals surface area (Å²) in [5, 5.41) is 10.1. The van der Waals surface area contributed by atoms with E-state index in [9.17, 15) is 10.0 Å². The van der Waals surface area contributed by atoms with Crippen LogP contribution in [-0.4, -0.2) is 9.94 Å². The van der Waals surface area contributed by atoms with Crippen molar-refractivity contribution < 1.29 is 5.21 Å². The van der Waals surface area contributed by atoms with Gasteiger partial charge in [0, 0.05) is 11.1 Å². The van der Waals surface area contributed by atoms with Crippen molar-refractivity contribution in [2.75, 3.05) is 0 Å². The molecule has 3 fully saturated rings. The molecule has 0 aliphatic heterocycles. The van der Waals surface area contributed by atoms with E-state index in [-0.39, 0.29) is 5.43 Å². The third kappa shape index (κ3) is 5.47. The molecule has 164 valence electrons. The first kappa shape index (κ1) is 22.4. The third-order valence-electron chi connectivity index (χ3n) is 8.36. The maximum absolute atomic E-state index is 12.5. The molecular weight excluding hydrogens is 358 g/mol. The monoisotopic (exact) mass is 401 g/mol. The predicted molar refractivity (Wildman–Crippen MR) is 121 cm³/mol. The molecule has 3 nitrogen and oxygen atoms in total. The second-order valence-electron chi connectivity index (χ2n) is 10.2. The fourth-order valence-corrected chi connectivity index (χ4v) is 5.96. The van der Waals surface area contributed by atoms with Crippen LogP contribution in [0.15, 0.2) is 4.79 Å². The molecule has 3 aliphatic carbocycles. The molecule has 1 aromatic heterocycles. The molecule has 0 amide bonds. The van der Waals surface area contributed by atoms with Gasteiger partial charge in [0.1, 0.15) is 0 Å². The topological polar surface area (TPSA) is 42.2 Å². The van der Waals surface area contributed by atoms with Crippen LogP contribution in [0.1, 0.15) is 119 Å². The molecule has 0 aromatic carbocycles. The number of unbranched alkanes of at least 4 members (excludes halogenated alkanes) is 7. The van der Waals surface area contributed by atoms with E-state index < -0.39 is 0 Å². The van der Waals surface area contributed by atoms with Crippen LogP contribution in [0.4, 0.5) is 0 Å². The summed E-state index contributed by atoms with van der Waals surface area (Å²) < 4.78 is 1.19. The third-order valence-corrected chi connectivity index (χ3v) is 8.36. The van der Waals surface area contributed by atoms with Gasteiger partial charge in [-0.25, -0.2) is 0 Å². The Morgan fingerprint density at radius 1 is 0.828 bits per heavy atom. The average molecular weight is 402 g/mol. The van der Waals surface area contributed by atoms with Crippen molar-refractivity contribution >= 4 is 0 Å². The second-order valence-corrected chi connectivity index (χ2v) is 10.2. The van der Waals surface area contributed by atoms with Gasteiger partial charge in [0.15, 0.2) is 5.43 Å². The van der Waals surface area contributed by atoms with E-state index >= 15 is 0 Å². The summed E-state index contributed by atoms with van der Waals surface area (Å²) in [7, 11) is 0. The van der Waals surface area contributed by atoms with Gasteiger partial charge in [0.25, 0.3) is 0 Å². The summed E-state index contributed by atoms with van der Waals surface area (Å²) in [5.74, 6) is 1.08.